The van der Waals surface area contributed by atoms with E-state index in [0.717, 1.165) is 11.3 Å². The molecule has 5 heteroatoms. The molecule has 18 heavy (non-hydrogen) atoms. The Bertz CT molecular complexity index is 413. The van der Waals surface area contributed by atoms with Gasteiger partial charge in [0.25, 0.3) is 5.91 Å². The van der Waals surface area contributed by atoms with Gasteiger partial charge in [-0.05, 0) is 27.2 Å². The zero-order valence-electron chi connectivity index (χ0n) is 11.5. The fourth-order valence-corrected chi connectivity index (χ4v) is 1.88. The smallest absolute Gasteiger partial charge is 0.255 e. The molecule has 1 atom stereocenters. The van der Waals surface area contributed by atoms with E-state index in [0.29, 0.717) is 30.9 Å². The van der Waals surface area contributed by atoms with Gasteiger partial charge in [-0.15, -0.1) is 0 Å². The molecule has 0 saturated heterocycles. The Hall–Kier alpha value is -1.33. The van der Waals surface area contributed by atoms with Gasteiger partial charge in [0.2, 0.25) is 0 Å². The van der Waals surface area contributed by atoms with E-state index >= 15 is 0 Å². The van der Waals surface area contributed by atoms with Gasteiger partial charge in [-0.1, -0.05) is 0 Å². The third-order valence-electron chi connectivity index (χ3n) is 2.97. The monoisotopic (exact) mass is 254 g/mol. The Kier molecular flexibility index (Phi) is 5.37. The minimum absolute atomic E-state index is 0.0522. The summed E-state index contributed by atoms with van der Waals surface area (Å²) in [5.74, 6) is 1.34. The van der Waals surface area contributed by atoms with Crippen LogP contribution in [0.5, 0.6) is 0 Å². The van der Waals surface area contributed by atoms with Crippen molar-refractivity contribution in [2.45, 2.75) is 33.2 Å². The van der Waals surface area contributed by atoms with Gasteiger partial charge in [-0.3, -0.25) is 4.79 Å². The van der Waals surface area contributed by atoms with Crippen molar-refractivity contribution in [3.05, 3.63) is 22.6 Å². The maximum absolute atomic E-state index is 12.0. The van der Waals surface area contributed by atoms with Crippen molar-refractivity contribution in [3.8, 4) is 0 Å². The van der Waals surface area contributed by atoms with Gasteiger partial charge in [0, 0.05) is 25.3 Å². The molecule has 3 N–H and O–H groups in total. The van der Waals surface area contributed by atoms with E-state index in [2.05, 4.69) is 5.32 Å². The van der Waals surface area contributed by atoms with Gasteiger partial charge in [-0.2, -0.15) is 0 Å². The van der Waals surface area contributed by atoms with Gasteiger partial charge in [0.05, 0.1) is 12.2 Å². The fourth-order valence-electron chi connectivity index (χ4n) is 1.88. The normalized spacial score (nSPS) is 12.5. The Morgan fingerprint density at radius 3 is 2.56 bits per heavy atom. The molecule has 1 rings (SSSR count). The Morgan fingerprint density at radius 2 is 2.06 bits per heavy atom. The van der Waals surface area contributed by atoms with Crippen LogP contribution in [-0.2, 0) is 4.74 Å². The van der Waals surface area contributed by atoms with Gasteiger partial charge in [-0.25, -0.2) is 0 Å². The molecule has 1 unspecified atom stereocenters. The van der Waals surface area contributed by atoms with Crippen molar-refractivity contribution in [2.24, 2.45) is 5.73 Å². The number of ether oxygens (including phenoxy) is 1. The predicted octanol–water partition coefficient (Wildman–Crippen LogP) is 1.30. The molecule has 0 radical (unpaired) electrons. The summed E-state index contributed by atoms with van der Waals surface area (Å²) in [5.41, 5.74) is 7.31. The quantitative estimate of drug-likeness (QED) is 0.802. The van der Waals surface area contributed by atoms with E-state index in [1.807, 2.05) is 13.8 Å². The lowest BCUT2D eigenvalue weighted by Crippen LogP contribution is -2.33. The standard InChI is InChI=1S/C13H22N2O3/c1-8-9(2)18-10(3)12(8)13(16)15-6-5-11(14)7-17-4/h11H,5-7,14H2,1-4H3,(H,15,16). The van der Waals surface area contributed by atoms with Crippen molar-refractivity contribution >= 4 is 5.91 Å². The van der Waals surface area contributed by atoms with Crippen LogP contribution in [0, 0.1) is 20.8 Å². The summed E-state index contributed by atoms with van der Waals surface area (Å²) in [6, 6.07) is -0.0522. The molecular formula is C13H22N2O3. The third kappa shape index (κ3) is 3.58. The number of carbonyl (C=O) groups excluding carboxylic acids is 1. The Balaban J connectivity index is 2.51. The van der Waals surface area contributed by atoms with Crippen molar-refractivity contribution < 1.29 is 13.9 Å². The molecule has 102 valence electrons. The van der Waals surface area contributed by atoms with Crippen molar-refractivity contribution in [1.82, 2.24) is 5.32 Å². The van der Waals surface area contributed by atoms with Gasteiger partial charge in [0.1, 0.15) is 11.5 Å². The molecule has 0 aliphatic rings. The number of amides is 1. The summed E-state index contributed by atoms with van der Waals surface area (Å²) >= 11 is 0. The van der Waals surface area contributed by atoms with Crippen LogP contribution in [0.4, 0.5) is 0 Å². The minimum atomic E-state index is -0.105. The van der Waals surface area contributed by atoms with E-state index in [4.69, 9.17) is 14.9 Å². The maximum Gasteiger partial charge on any atom is 0.255 e. The number of aryl methyl sites for hydroxylation is 2. The molecule has 5 nitrogen and oxygen atoms in total. The van der Waals surface area contributed by atoms with Crippen LogP contribution in [-0.4, -0.2) is 32.2 Å². The first-order chi connectivity index (χ1) is 8.47. The second kappa shape index (κ2) is 6.56. The molecule has 0 saturated carbocycles. The summed E-state index contributed by atoms with van der Waals surface area (Å²) in [7, 11) is 1.61. The molecule has 1 amide bonds. The molecule has 0 fully saturated rings. The number of carbonyl (C=O) groups is 1. The Morgan fingerprint density at radius 1 is 1.39 bits per heavy atom. The molecule has 0 spiro atoms. The number of methoxy groups -OCH3 is 1. The van der Waals surface area contributed by atoms with Crippen molar-refractivity contribution in [2.75, 3.05) is 20.3 Å². The lowest BCUT2D eigenvalue weighted by molar-refractivity contribution is 0.0948. The maximum atomic E-state index is 12.0. The zero-order chi connectivity index (χ0) is 13.7. The molecule has 0 bridgehead atoms. The number of furan rings is 1. The average Bonchev–Trinajstić information content (AvgIpc) is 2.53. The van der Waals surface area contributed by atoms with Crippen LogP contribution >= 0.6 is 0 Å². The molecular weight excluding hydrogens is 232 g/mol. The first-order valence-corrected chi connectivity index (χ1v) is 6.06. The van der Waals surface area contributed by atoms with E-state index in [1.165, 1.54) is 0 Å². The summed E-state index contributed by atoms with van der Waals surface area (Å²) in [4.78, 5) is 12.0. The molecule has 1 aromatic rings. The van der Waals surface area contributed by atoms with E-state index < -0.39 is 0 Å². The molecule has 0 aliphatic heterocycles. The SMILES string of the molecule is COCC(N)CCNC(=O)c1c(C)oc(C)c1C. The highest BCUT2D eigenvalue weighted by Crippen LogP contribution is 2.20. The van der Waals surface area contributed by atoms with E-state index in [9.17, 15) is 4.79 Å². The fraction of sp³-hybridized carbons (Fsp3) is 0.615. The van der Waals surface area contributed by atoms with Crippen LogP contribution in [0.15, 0.2) is 4.42 Å². The second-order valence-electron chi connectivity index (χ2n) is 4.47. The van der Waals surface area contributed by atoms with Gasteiger partial charge in [0.15, 0.2) is 0 Å². The van der Waals surface area contributed by atoms with Gasteiger partial charge < -0.3 is 20.2 Å². The molecule has 1 heterocycles. The van der Waals surface area contributed by atoms with Crippen LogP contribution in [0.3, 0.4) is 0 Å². The van der Waals surface area contributed by atoms with Crippen molar-refractivity contribution in [1.29, 1.82) is 0 Å². The molecule has 0 aromatic carbocycles. The van der Waals surface area contributed by atoms with Crippen LogP contribution in [0.2, 0.25) is 0 Å². The number of nitrogens with two attached hydrogens (primary N) is 1. The highest BCUT2D eigenvalue weighted by molar-refractivity contribution is 5.96. The highest BCUT2D eigenvalue weighted by Gasteiger charge is 2.18. The largest absolute Gasteiger partial charge is 0.466 e. The highest BCUT2D eigenvalue weighted by atomic mass is 16.5. The first kappa shape index (κ1) is 14.7. The van der Waals surface area contributed by atoms with E-state index in [1.54, 1.807) is 14.0 Å². The summed E-state index contributed by atoms with van der Waals surface area (Å²) in [5, 5.41) is 2.85. The molecule has 1 aromatic heterocycles. The Labute approximate surface area is 108 Å². The number of hydrogen-bond acceptors (Lipinski definition) is 4. The zero-order valence-corrected chi connectivity index (χ0v) is 11.5. The third-order valence-corrected chi connectivity index (χ3v) is 2.97. The number of hydrogen-bond donors (Lipinski definition) is 2. The van der Waals surface area contributed by atoms with Crippen LogP contribution in [0.25, 0.3) is 0 Å². The summed E-state index contributed by atoms with van der Waals surface area (Å²) < 4.78 is 10.4. The van der Waals surface area contributed by atoms with Crippen LogP contribution < -0.4 is 11.1 Å². The van der Waals surface area contributed by atoms with E-state index in [-0.39, 0.29) is 11.9 Å². The van der Waals surface area contributed by atoms with Gasteiger partial charge >= 0.3 is 0 Å². The number of rotatable bonds is 6. The summed E-state index contributed by atoms with van der Waals surface area (Å²) in [6.07, 6.45) is 0.689. The topological polar surface area (TPSA) is 77.5 Å². The lowest BCUT2D eigenvalue weighted by Gasteiger charge is -2.11. The minimum Gasteiger partial charge on any atom is -0.466 e. The lowest BCUT2D eigenvalue weighted by atomic mass is 10.1. The van der Waals surface area contributed by atoms with Crippen molar-refractivity contribution in [3.63, 3.8) is 0 Å². The summed E-state index contributed by atoms with van der Waals surface area (Å²) in [6.45, 7) is 6.57. The van der Waals surface area contributed by atoms with Crippen LogP contribution in [0.1, 0.15) is 33.9 Å². The number of nitrogens with one attached hydrogen (secondary N) is 1. The molecule has 0 aliphatic carbocycles. The average molecular weight is 254 g/mol. The second-order valence-corrected chi connectivity index (χ2v) is 4.47. The predicted molar refractivity (Wildman–Crippen MR) is 69.7 cm³/mol. The first-order valence-electron chi connectivity index (χ1n) is 6.06.